The van der Waals surface area contributed by atoms with Crippen LogP contribution in [-0.2, 0) is 0 Å². The average molecular weight is 223 g/mol. The van der Waals surface area contributed by atoms with Gasteiger partial charge in [0.15, 0.2) is 0 Å². The van der Waals surface area contributed by atoms with Crippen molar-refractivity contribution in [1.82, 2.24) is 4.98 Å². The van der Waals surface area contributed by atoms with Crippen LogP contribution in [0, 0.1) is 0 Å². The third kappa shape index (κ3) is 1.39. The molecule has 0 bridgehead atoms. The number of aromatic nitrogens is 1. The quantitative estimate of drug-likeness (QED) is 0.794. The van der Waals surface area contributed by atoms with Crippen LogP contribution in [-0.4, -0.2) is 18.0 Å². The van der Waals surface area contributed by atoms with E-state index >= 15 is 0 Å². The molecular weight excluding hydrogens is 214 g/mol. The van der Waals surface area contributed by atoms with Crippen molar-refractivity contribution < 1.29 is 9.53 Å². The molecule has 0 fully saturated rings. The number of nitrogen functional groups attached to an aromatic ring is 1. The number of hydrogen-bond acceptors (Lipinski definition) is 5. The predicted molar refractivity (Wildman–Crippen MR) is 59.1 cm³/mol. The van der Waals surface area contributed by atoms with Crippen molar-refractivity contribution in [2.24, 2.45) is 5.73 Å². The number of primary amides is 1. The van der Waals surface area contributed by atoms with Gasteiger partial charge in [-0.1, -0.05) is 0 Å². The second kappa shape index (κ2) is 3.39. The third-order valence-electron chi connectivity index (χ3n) is 2.03. The molecule has 0 aliphatic heterocycles. The van der Waals surface area contributed by atoms with Crippen LogP contribution in [0.5, 0.6) is 5.75 Å². The summed E-state index contributed by atoms with van der Waals surface area (Å²) >= 11 is 1.17. The van der Waals surface area contributed by atoms with Crippen LogP contribution < -0.4 is 16.2 Å². The number of methoxy groups -OCH3 is 1. The van der Waals surface area contributed by atoms with E-state index in [9.17, 15) is 4.79 Å². The maximum Gasteiger partial charge on any atom is 0.260 e. The highest BCUT2D eigenvalue weighted by Crippen LogP contribution is 2.37. The number of amides is 1. The van der Waals surface area contributed by atoms with E-state index in [1.54, 1.807) is 12.3 Å². The maximum atomic E-state index is 11.1. The van der Waals surface area contributed by atoms with Gasteiger partial charge in [0.25, 0.3) is 5.91 Å². The van der Waals surface area contributed by atoms with Gasteiger partial charge in [0.05, 0.1) is 18.2 Å². The highest BCUT2D eigenvalue weighted by molar-refractivity contribution is 7.21. The lowest BCUT2D eigenvalue weighted by atomic mass is 10.2. The molecule has 0 atom stereocenters. The zero-order valence-corrected chi connectivity index (χ0v) is 8.80. The lowest BCUT2D eigenvalue weighted by Crippen LogP contribution is -2.10. The number of nitrogens with zero attached hydrogens (tertiary/aromatic N) is 1. The number of carbonyl (C=O) groups is 1. The third-order valence-corrected chi connectivity index (χ3v) is 3.16. The highest BCUT2D eigenvalue weighted by atomic mass is 32.1. The zero-order valence-electron chi connectivity index (χ0n) is 7.98. The van der Waals surface area contributed by atoms with Crippen LogP contribution in [0.1, 0.15) is 9.67 Å². The molecule has 2 aromatic heterocycles. The fourth-order valence-electron chi connectivity index (χ4n) is 1.37. The Morgan fingerprint density at radius 3 is 2.93 bits per heavy atom. The molecule has 6 heteroatoms. The van der Waals surface area contributed by atoms with Crippen LogP contribution in [0.3, 0.4) is 0 Å². The van der Waals surface area contributed by atoms with Gasteiger partial charge in [-0.05, 0) is 6.07 Å². The van der Waals surface area contributed by atoms with E-state index in [1.807, 2.05) is 0 Å². The smallest absolute Gasteiger partial charge is 0.260 e. The summed E-state index contributed by atoms with van der Waals surface area (Å²) in [5.74, 6) is 0.0544. The van der Waals surface area contributed by atoms with Gasteiger partial charge in [-0.25, -0.2) is 4.98 Å². The molecule has 2 rings (SSSR count). The molecule has 1 amide bonds. The Bertz CT molecular complexity index is 535. The Kier molecular flexibility index (Phi) is 2.20. The van der Waals surface area contributed by atoms with Crippen LogP contribution in [0.15, 0.2) is 12.3 Å². The molecule has 2 heterocycles. The second-order valence-electron chi connectivity index (χ2n) is 2.90. The first-order valence-corrected chi connectivity index (χ1v) is 4.97. The van der Waals surface area contributed by atoms with Gasteiger partial charge < -0.3 is 16.2 Å². The van der Waals surface area contributed by atoms with E-state index in [0.717, 1.165) is 0 Å². The Hall–Kier alpha value is -1.82. The van der Waals surface area contributed by atoms with Gasteiger partial charge in [-0.3, -0.25) is 4.79 Å². The number of pyridine rings is 1. The summed E-state index contributed by atoms with van der Waals surface area (Å²) in [7, 11) is 1.54. The molecule has 5 nitrogen and oxygen atoms in total. The molecule has 15 heavy (non-hydrogen) atoms. The molecule has 0 spiro atoms. The van der Waals surface area contributed by atoms with Crippen molar-refractivity contribution >= 4 is 33.1 Å². The summed E-state index contributed by atoms with van der Waals surface area (Å²) in [6.45, 7) is 0. The Balaban J connectivity index is 2.82. The van der Waals surface area contributed by atoms with Gasteiger partial charge in [0.2, 0.25) is 0 Å². The maximum absolute atomic E-state index is 11.1. The van der Waals surface area contributed by atoms with Crippen molar-refractivity contribution in [2.75, 3.05) is 12.8 Å². The van der Waals surface area contributed by atoms with Crippen LogP contribution in [0.4, 0.5) is 5.69 Å². The predicted octanol–water partition coefficient (Wildman–Crippen LogP) is 0.986. The van der Waals surface area contributed by atoms with E-state index < -0.39 is 5.91 Å². The number of thiophene rings is 1. The monoisotopic (exact) mass is 223 g/mol. The van der Waals surface area contributed by atoms with Crippen molar-refractivity contribution in [2.45, 2.75) is 0 Å². The fraction of sp³-hybridized carbons (Fsp3) is 0.111. The van der Waals surface area contributed by atoms with Crippen molar-refractivity contribution in [3.8, 4) is 5.75 Å². The van der Waals surface area contributed by atoms with Gasteiger partial charge in [0.1, 0.15) is 15.5 Å². The Morgan fingerprint density at radius 2 is 2.33 bits per heavy atom. The molecule has 2 aromatic rings. The van der Waals surface area contributed by atoms with Gasteiger partial charge in [0, 0.05) is 6.20 Å². The molecule has 0 radical (unpaired) electrons. The number of anilines is 1. The van der Waals surface area contributed by atoms with Crippen molar-refractivity contribution in [3.63, 3.8) is 0 Å². The number of carbonyl (C=O) groups excluding carboxylic acids is 1. The minimum atomic E-state index is -0.544. The lowest BCUT2D eigenvalue weighted by Gasteiger charge is -2.01. The molecule has 0 saturated heterocycles. The SMILES string of the molecule is COc1ccnc2sc(C(N)=O)c(N)c12. The van der Waals surface area contributed by atoms with E-state index in [4.69, 9.17) is 16.2 Å². The Morgan fingerprint density at radius 1 is 1.60 bits per heavy atom. The molecule has 4 N–H and O–H groups in total. The number of ether oxygens (including phenoxy) is 1. The minimum Gasteiger partial charge on any atom is -0.496 e. The molecule has 78 valence electrons. The van der Waals surface area contributed by atoms with E-state index in [-0.39, 0.29) is 0 Å². The molecule has 0 aliphatic carbocycles. The first-order valence-electron chi connectivity index (χ1n) is 4.16. The normalized spacial score (nSPS) is 10.5. The number of rotatable bonds is 2. The summed E-state index contributed by atoms with van der Waals surface area (Å²) in [6.07, 6.45) is 1.60. The average Bonchev–Trinajstić information content (AvgIpc) is 2.56. The first-order chi connectivity index (χ1) is 7.15. The van der Waals surface area contributed by atoms with E-state index in [1.165, 1.54) is 18.4 Å². The molecule has 0 saturated carbocycles. The van der Waals surface area contributed by atoms with Gasteiger partial charge in [-0.15, -0.1) is 11.3 Å². The van der Waals surface area contributed by atoms with E-state index in [2.05, 4.69) is 4.98 Å². The zero-order chi connectivity index (χ0) is 11.0. The summed E-state index contributed by atoms with van der Waals surface area (Å²) in [4.78, 5) is 16.2. The van der Waals surface area contributed by atoms with Gasteiger partial charge in [-0.2, -0.15) is 0 Å². The standard InChI is InChI=1S/C9H9N3O2S/c1-14-4-2-3-12-9-5(4)6(10)7(15-9)8(11)13/h2-3H,10H2,1H3,(H2,11,13). The lowest BCUT2D eigenvalue weighted by molar-refractivity contribution is 0.100. The molecule has 0 aliphatic rings. The topological polar surface area (TPSA) is 91.2 Å². The minimum absolute atomic E-state index is 0.321. The van der Waals surface area contributed by atoms with Crippen LogP contribution in [0.25, 0.3) is 10.2 Å². The number of hydrogen-bond donors (Lipinski definition) is 2. The fourth-order valence-corrected chi connectivity index (χ4v) is 2.30. The number of fused-ring (bicyclic) bond motifs is 1. The Labute approximate surface area is 89.7 Å². The molecular formula is C9H9N3O2S. The summed E-state index contributed by atoms with van der Waals surface area (Å²) in [5.41, 5.74) is 11.3. The molecule has 0 unspecified atom stereocenters. The highest BCUT2D eigenvalue weighted by Gasteiger charge is 2.17. The van der Waals surface area contributed by atoms with E-state index in [0.29, 0.717) is 26.5 Å². The van der Waals surface area contributed by atoms with Crippen molar-refractivity contribution in [3.05, 3.63) is 17.1 Å². The van der Waals surface area contributed by atoms with Crippen LogP contribution >= 0.6 is 11.3 Å². The second-order valence-corrected chi connectivity index (χ2v) is 3.90. The largest absolute Gasteiger partial charge is 0.496 e. The summed E-state index contributed by atoms with van der Waals surface area (Å²) < 4.78 is 5.14. The first kappa shape index (κ1) is 9.72. The summed E-state index contributed by atoms with van der Waals surface area (Å²) in [6, 6.07) is 1.69. The van der Waals surface area contributed by atoms with Crippen LogP contribution in [0.2, 0.25) is 0 Å². The van der Waals surface area contributed by atoms with Crippen molar-refractivity contribution in [1.29, 1.82) is 0 Å². The van der Waals surface area contributed by atoms with Gasteiger partial charge >= 0.3 is 0 Å². The summed E-state index contributed by atoms with van der Waals surface area (Å²) in [5, 5.41) is 0.652. The molecule has 0 aromatic carbocycles. The number of nitrogens with two attached hydrogens (primary N) is 2.